The van der Waals surface area contributed by atoms with Crippen LogP contribution in [0.15, 0.2) is 0 Å². The topological polar surface area (TPSA) is 61.9 Å². The lowest BCUT2D eigenvalue weighted by Crippen LogP contribution is -2.61. The summed E-state index contributed by atoms with van der Waals surface area (Å²) in [4.78, 5) is 27.3. The Morgan fingerprint density at radius 2 is 2.17 bits per heavy atom. The van der Waals surface area contributed by atoms with Crippen LogP contribution in [-0.4, -0.2) is 74.1 Å². The van der Waals surface area contributed by atoms with Crippen LogP contribution in [-0.2, 0) is 14.3 Å². The first-order chi connectivity index (χ1) is 8.49. The van der Waals surface area contributed by atoms with Crippen molar-refractivity contribution in [2.75, 3.05) is 40.3 Å². The van der Waals surface area contributed by atoms with Gasteiger partial charge in [0.15, 0.2) is 0 Å². The van der Waals surface area contributed by atoms with E-state index < -0.39 is 0 Å². The largest absolute Gasteiger partial charge is 0.465 e. The number of hydrogen-bond acceptors (Lipinski definition) is 5. The number of amides is 1. The summed E-state index contributed by atoms with van der Waals surface area (Å²) in [7, 11) is 3.45. The molecule has 1 aliphatic heterocycles. The van der Waals surface area contributed by atoms with Crippen LogP contribution in [0.4, 0.5) is 0 Å². The highest BCUT2D eigenvalue weighted by atomic mass is 16.5. The molecule has 1 heterocycles. The van der Waals surface area contributed by atoms with Crippen molar-refractivity contribution in [3.05, 3.63) is 0 Å². The van der Waals surface area contributed by atoms with E-state index in [2.05, 4.69) is 5.32 Å². The molecule has 18 heavy (non-hydrogen) atoms. The predicted octanol–water partition coefficient (Wildman–Crippen LogP) is -0.700. The number of hydrogen-bond donors (Lipinski definition) is 1. The molecule has 6 heteroatoms. The molecule has 1 N–H and O–H groups in total. The number of likely N-dealkylation sites (N-methyl/N-ethyl adjacent to an activating group) is 1. The van der Waals surface area contributed by atoms with Crippen molar-refractivity contribution >= 4 is 11.9 Å². The van der Waals surface area contributed by atoms with Gasteiger partial charge in [-0.3, -0.25) is 14.5 Å². The van der Waals surface area contributed by atoms with Gasteiger partial charge >= 0.3 is 5.97 Å². The predicted molar refractivity (Wildman–Crippen MR) is 68.2 cm³/mol. The second-order valence-corrected chi connectivity index (χ2v) is 4.62. The summed E-state index contributed by atoms with van der Waals surface area (Å²) in [5.41, 5.74) is 0. The lowest BCUT2D eigenvalue weighted by Gasteiger charge is -2.39. The SMILES string of the molecule is CCOC(=O)C(C)N1CCNCC1C(=O)N(C)C. The monoisotopic (exact) mass is 257 g/mol. The molecule has 1 aliphatic rings. The average molecular weight is 257 g/mol. The summed E-state index contributed by atoms with van der Waals surface area (Å²) in [6.45, 7) is 5.96. The first-order valence-corrected chi connectivity index (χ1v) is 6.33. The summed E-state index contributed by atoms with van der Waals surface area (Å²) >= 11 is 0. The number of esters is 1. The number of ether oxygens (including phenoxy) is 1. The minimum Gasteiger partial charge on any atom is -0.465 e. The first-order valence-electron chi connectivity index (χ1n) is 6.33. The molecule has 1 amide bonds. The second kappa shape index (κ2) is 6.70. The van der Waals surface area contributed by atoms with Gasteiger partial charge in [-0.05, 0) is 13.8 Å². The fourth-order valence-corrected chi connectivity index (χ4v) is 2.11. The number of carbonyl (C=O) groups is 2. The molecule has 0 spiro atoms. The molecule has 104 valence electrons. The molecule has 2 atom stereocenters. The van der Waals surface area contributed by atoms with Crippen LogP contribution < -0.4 is 5.32 Å². The Bertz CT molecular complexity index is 307. The van der Waals surface area contributed by atoms with Gasteiger partial charge in [-0.15, -0.1) is 0 Å². The molecule has 6 nitrogen and oxygen atoms in total. The van der Waals surface area contributed by atoms with Gasteiger partial charge in [-0.25, -0.2) is 0 Å². The zero-order valence-corrected chi connectivity index (χ0v) is 11.6. The maximum absolute atomic E-state index is 12.1. The summed E-state index contributed by atoms with van der Waals surface area (Å²) in [6.07, 6.45) is 0. The molecule has 0 aromatic carbocycles. The van der Waals surface area contributed by atoms with Crippen LogP contribution in [0.25, 0.3) is 0 Å². The minimum atomic E-state index is -0.388. The Kier molecular flexibility index (Phi) is 5.55. The average Bonchev–Trinajstić information content (AvgIpc) is 2.37. The molecule has 0 saturated carbocycles. The number of nitrogens with zero attached hydrogens (tertiary/aromatic N) is 2. The van der Waals surface area contributed by atoms with E-state index >= 15 is 0 Å². The van der Waals surface area contributed by atoms with E-state index in [1.165, 1.54) is 0 Å². The Hall–Kier alpha value is -1.14. The summed E-state index contributed by atoms with van der Waals surface area (Å²) < 4.78 is 5.02. The Balaban J connectivity index is 2.75. The van der Waals surface area contributed by atoms with Crippen molar-refractivity contribution in [3.8, 4) is 0 Å². The van der Waals surface area contributed by atoms with Gasteiger partial charge in [-0.2, -0.15) is 0 Å². The van der Waals surface area contributed by atoms with Crippen molar-refractivity contribution in [1.29, 1.82) is 0 Å². The maximum Gasteiger partial charge on any atom is 0.323 e. The lowest BCUT2D eigenvalue weighted by atomic mass is 10.1. The minimum absolute atomic E-state index is 0.0124. The van der Waals surface area contributed by atoms with Crippen molar-refractivity contribution in [2.24, 2.45) is 0 Å². The smallest absolute Gasteiger partial charge is 0.323 e. The van der Waals surface area contributed by atoms with Crippen LogP contribution in [0, 0.1) is 0 Å². The second-order valence-electron chi connectivity index (χ2n) is 4.62. The van der Waals surface area contributed by atoms with Crippen LogP contribution >= 0.6 is 0 Å². The zero-order chi connectivity index (χ0) is 13.7. The molecule has 0 aromatic heterocycles. The van der Waals surface area contributed by atoms with Gasteiger partial charge in [0.05, 0.1) is 6.61 Å². The highest BCUT2D eigenvalue weighted by Crippen LogP contribution is 2.12. The third-order valence-electron chi connectivity index (χ3n) is 3.14. The highest BCUT2D eigenvalue weighted by Gasteiger charge is 2.35. The van der Waals surface area contributed by atoms with Crippen LogP contribution in [0.1, 0.15) is 13.8 Å². The number of carbonyl (C=O) groups excluding carboxylic acids is 2. The molecule has 1 saturated heterocycles. The first kappa shape index (κ1) is 14.9. The Morgan fingerprint density at radius 1 is 1.50 bits per heavy atom. The van der Waals surface area contributed by atoms with E-state index in [-0.39, 0.29) is 24.0 Å². The summed E-state index contributed by atoms with van der Waals surface area (Å²) in [5.74, 6) is -0.255. The maximum atomic E-state index is 12.1. The number of rotatable bonds is 4. The molecule has 0 radical (unpaired) electrons. The van der Waals surface area contributed by atoms with Crippen LogP contribution in [0.5, 0.6) is 0 Å². The van der Waals surface area contributed by atoms with E-state index in [4.69, 9.17) is 4.74 Å². The normalized spacial score (nSPS) is 22.3. The third kappa shape index (κ3) is 3.43. The van der Waals surface area contributed by atoms with Crippen LogP contribution in [0.2, 0.25) is 0 Å². The molecule has 0 aromatic rings. The number of nitrogens with one attached hydrogen (secondary N) is 1. The van der Waals surface area contributed by atoms with Gasteiger partial charge in [0.1, 0.15) is 12.1 Å². The van der Waals surface area contributed by atoms with E-state index in [0.29, 0.717) is 19.7 Å². The third-order valence-corrected chi connectivity index (χ3v) is 3.14. The van der Waals surface area contributed by atoms with Gasteiger partial charge in [0.25, 0.3) is 0 Å². The Morgan fingerprint density at radius 3 is 2.72 bits per heavy atom. The van der Waals surface area contributed by atoms with Crippen molar-refractivity contribution in [2.45, 2.75) is 25.9 Å². The van der Waals surface area contributed by atoms with Crippen molar-refractivity contribution in [1.82, 2.24) is 15.1 Å². The Labute approximate surface area is 108 Å². The fraction of sp³-hybridized carbons (Fsp3) is 0.833. The van der Waals surface area contributed by atoms with Crippen LogP contribution in [0.3, 0.4) is 0 Å². The lowest BCUT2D eigenvalue weighted by molar-refractivity contribution is -0.152. The summed E-state index contributed by atoms with van der Waals surface area (Å²) in [5, 5.41) is 3.19. The standard InChI is InChI=1S/C12H23N3O3/c1-5-18-12(17)9(2)15-7-6-13-8-10(15)11(16)14(3)4/h9-10,13H,5-8H2,1-4H3. The molecular weight excluding hydrogens is 234 g/mol. The van der Waals surface area contributed by atoms with E-state index in [1.807, 2.05) is 4.90 Å². The quantitative estimate of drug-likeness (QED) is 0.675. The van der Waals surface area contributed by atoms with Crippen molar-refractivity contribution < 1.29 is 14.3 Å². The van der Waals surface area contributed by atoms with Crippen molar-refractivity contribution in [3.63, 3.8) is 0 Å². The number of piperazine rings is 1. The molecule has 0 aliphatic carbocycles. The zero-order valence-electron chi connectivity index (χ0n) is 11.6. The fourth-order valence-electron chi connectivity index (χ4n) is 2.11. The van der Waals surface area contributed by atoms with Gasteiger partial charge in [0, 0.05) is 33.7 Å². The van der Waals surface area contributed by atoms with E-state index in [0.717, 1.165) is 6.54 Å². The van der Waals surface area contributed by atoms with E-state index in [1.54, 1.807) is 32.8 Å². The van der Waals surface area contributed by atoms with Gasteiger partial charge in [0.2, 0.25) is 5.91 Å². The molecule has 2 unspecified atom stereocenters. The van der Waals surface area contributed by atoms with Gasteiger partial charge < -0.3 is 15.0 Å². The summed E-state index contributed by atoms with van der Waals surface area (Å²) in [6, 6.07) is -0.686. The highest BCUT2D eigenvalue weighted by molar-refractivity contribution is 5.83. The molecule has 1 rings (SSSR count). The van der Waals surface area contributed by atoms with Gasteiger partial charge in [-0.1, -0.05) is 0 Å². The molecule has 0 bridgehead atoms. The molecule has 1 fully saturated rings. The van der Waals surface area contributed by atoms with E-state index in [9.17, 15) is 9.59 Å². The molecular formula is C12H23N3O3.